The molecule has 3 atom stereocenters. The van der Waals surface area contributed by atoms with Crippen LogP contribution >= 0.6 is 0 Å². The average molecular weight is 232 g/mol. The predicted octanol–water partition coefficient (Wildman–Crippen LogP) is 3.46. The van der Waals surface area contributed by atoms with Crippen LogP contribution in [0.3, 0.4) is 0 Å². The van der Waals surface area contributed by atoms with E-state index in [2.05, 4.69) is 31.8 Å². The van der Waals surface area contributed by atoms with Gasteiger partial charge in [-0.05, 0) is 61.1 Å². The summed E-state index contributed by atoms with van der Waals surface area (Å²) < 4.78 is 0. The number of nitrogens with two attached hydrogens (primary N) is 1. The van der Waals surface area contributed by atoms with Crippen LogP contribution < -0.4 is 5.73 Å². The maximum Gasteiger partial charge on any atom is 0.0327 e. The van der Waals surface area contributed by atoms with E-state index in [1.807, 2.05) is 12.4 Å². The summed E-state index contributed by atoms with van der Waals surface area (Å²) in [6.07, 6.45) is 7.68. The van der Waals surface area contributed by atoms with Gasteiger partial charge in [0, 0.05) is 18.4 Å². The van der Waals surface area contributed by atoms with E-state index in [1.54, 1.807) is 0 Å². The number of aromatic nitrogens is 1. The number of rotatable bonds is 2. The highest BCUT2D eigenvalue weighted by atomic mass is 14.7. The van der Waals surface area contributed by atoms with Gasteiger partial charge in [0.1, 0.15) is 0 Å². The summed E-state index contributed by atoms with van der Waals surface area (Å²) in [5.74, 6) is 2.27. The van der Waals surface area contributed by atoms with Crippen molar-refractivity contribution in [3.8, 4) is 0 Å². The Hall–Kier alpha value is -0.890. The highest BCUT2D eigenvalue weighted by molar-refractivity contribution is 5.25. The zero-order chi connectivity index (χ0) is 12.4. The van der Waals surface area contributed by atoms with E-state index >= 15 is 0 Å². The van der Waals surface area contributed by atoms with Crippen LogP contribution in [0.2, 0.25) is 0 Å². The average Bonchev–Trinajstić information content (AvgIpc) is 2.27. The van der Waals surface area contributed by atoms with Crippen molar-refractivity contribution in [3.05, 3.63) is 29.6 Å². The predicted molar refractivity (Wildman–Crippen MR) is 71.6 cm³/mol. The molecule has 0 spiro atoms. The summed E-state index contributed by atoms with van der Waals surface area (Å²) in [5, 5.41) is 0. The van der Waals surface area contributed by atoms with Crippen molar-refractivity contribution in [2.45, 2.75) is 46.1 Å². The Morgan fingerprint density at radius 2 is 1.88 bits per heavy atom. The second-order valence-electron chi connectivity index (χ2n) is 5.94. The molecule has 0 aliphatic heterocycles. The Bertz CT molecular complexity index is 365. The number of hydrogen-bond acceptors (Lipinski definition) is 2. The second-order valence-corrected chi connectivity index (χ2v) is 5.94. The fourth-order valence-corrected chi connectivity index (χ4v) is 3.41. The smallest absolute Gasteiger partial charge is 0.0327 e. The minimum absolute atomic E-state index is 0.184. The molecular weight excluding hydrogens is 208 g/mol. The van der Waals surface area contributed by atoms with Gasteiger partial charge in [0.2, 0.25) is 0 Å². The fraction of sp³-hybridized carbons (Fsp3) is 0.667. The van der Waals surface area contributed by atoms with Crippen LogP contribution in [0.1, 0.15) is 50.3 Å². The third kappa shape index (κ3) is 2.86. The van der Waals surface area contributed by atoms with E-state index < -0.39 is 0 Å². The number of nitrogens with zero attached hydrogens (tertiary/aromatic N) is 1. The molecule has 0 amide bonds. The van der Waals surface area contributed by atoms with Crippen LogP contribution in [0.5, 0.6) is 0 Å². The van der Waals surface area contributed by atoms with Gasteiger partial charge >= 0.3 is 0 Å². The molecule has 1 aromatic heterocycles. The van der Waals surface area contributed by atoms with Crippen molar-refractivity contribution in [1.82, 2.24) is 4.98 Å². The molecule has 1 aromatic rings. The quantitative estimate of drug-likeness (QED) is 0.848. The molecule has 2 rings (SSSR count). The molecule has 0 saturated heterocycles. The summed E-state index contributed by atoms with van der Waals surface area (Å²) in [5.41, 5.74) is 8.98. The van der Waals surface area contributed by atoms with Crippen LogP contribution in [0, 0.1) is 24.7 Å². The van der Waals surface area contributed by atoms with Crippen LogP contribution in [0.25, 0.3) is 0 Å². The molecule has 94 valence electrons. The van der Waals surface area contributed by atoms with Crippen molar-refractivity contribution in [3.63, 3.8) is 0 Å². The molecule has 1 aliphatic carbocycles. The number of aryl methyl sites for hydroxylation is 1. The third-order valence-corrected chi connectivity index (χ3v) is 4.15. The first-order valence-electron chi connectivity index (χ1n) is 6.74. The molecule has 2 N–H and O–H groups in total. The molecule has 3 unspecified atom stereocenters. The summed E-state index contributed by atoms with van der Waals surface area (Å²) in [7, 11) is 0. The van der Waals surface area contributed by atoms with E-state index in [9.17, 15) is 0 Å². The molecule has 1 fully saturated rings. The Morgan fingerprint density at radius 3 is 2.47 bits per heavy atom. The normalized spacial score (nSPS) is 31.2. The highest BCUT2D eigenvalue weighted by Gasteiger charge is 2.29. The molecule has 1 heterocycles. The molecular formula is C15H24N2. The van der Waals surface area contributed by atoms with Crippen LogP contribution in [0.4, 0.5) is 0 Å². The van der Waals surface area contributed by atoms with Gasteiger partial charge in [-0.2, -0.15) is 0 Å². The van der Waals surface area contributed by atoms with E-state index in [4.69, 9.17) is 5.73 Å². The van der Waals surface area contributed by atoms with Crippen LogP contribution in [-0.2, 0) is 0 Å². The molecule has 0 radical (unpaired) electrons. The van der Waals surface area contributed by atoms with Gasteiger partial charge in [-0.25, -0.2) is 0 Å². The van der Waals surface area contributed by atoms with Gasteiger partial charge in [0.25, 0.3) is 0 Å². The lowest BCUT2D eigenvalue weighted by molar-refractivity contribution is 0.193. The van der Waals surface area contributed by atoms with Crippen molar-refractivity contribution in [2.75, 3.05) is 0 Å². The zero-order valence-electron chi connectivity index (χ0n) is 11.2. The first-order valence-corrected chi connectivity index (χ1v) is 6.74. The molecule has 2 nitrogen and oxygen atoms in total. The van der Waals surface area contributed by atoms with Gasteiger partial charge < -0.3 is 5.73 Å². The Labute approximate surface area is 105 Å². The molecule has 0 aromatic carbocycles. The summed E-state index contributed by atoms with van der Waals surface area (Å²) in [6, 6.07) is 2.27. The van der Waals surface area contributed by atoms with Crippen molar-refractivity contribution in [1.29, 1.82) is 0 Å². The lowest BCUT2D eigenvalue weighted by Gasteiger charge is -2.35. The van der Waals surface area contributed by atoms with Crippen molar-refractivity contribution in [2.24, 2.45) is 23.5 Å². The summed E-state index contributed by atoms with van der Waals surface area (Å²) in [6.45, 7) is 6.82. The first kappa shape index (κ1) is 12.6. The van der Waals surface area contributed by atoms with Crippen LogP contribution in [-0.4, -0.2) is 4.98 Å². The first-order chi connectivity index (χ1) is 8.08. The minimum Gasteiger partial charge on any atom is -0.324 e. The molecule has 0 bridgehead atoms. The standard InChI is InChI=1S/C15H24N2/c1-10-6-11(2)8-13(7-10)15(16)14-4-5-17-9-12(14)3/h4-5,9-11,13,15H,6-8,16H2,1-3H3. The SMILES string of the molecule is Cc1cnccc1C(N)C1CC(C)CC(C)C1. The maximum atomic E-state index is 6.47. The number of pyridine rings is 1. The molecule has 17 heavy (non-hydrogen) atoms. The van der Waals surface area contributed by atoms with E-state index in [1.165, 1.54) is 30.4 Å². The van der Waals surface area contributed by atoms with Crippen molar-refractivity contribution >= 4 is 0 Å². The fourth-order valence-electron chi connectivity index (χ4n) is 3.41. The van der Waals surface area contributed by atoms with Crippen LogP contribution in [0.15, 0.2) is 18.5 Å². The van der Waals surface area contributed by atoms with Gasteiger partial charge in [0.15, 0.2) is 0 Å². The van der Waals surface area contributed by atoms with E-state index in [0.29, 0.717) is 5.92 Å². The van der Waals surface area contributed by atoms with E-state index in [0.717, 1.165) is 11.8 Å². The van der Waals surface area contributed by atoms with Gasteiger partial charge in [-0.1, -0.05) is 13.8 Å². The second kappa shape index (κ2) is 5.18. The topological polar surface area (TPSA) is 38.9 Å². The summed E-state index contributed by atoms with van der Waals surface area (Å²) >= 11 is 0. The highest BCUT2D eigenvalue weighted by Crippen LogP contribution is 2.39. The largest absolute Gasteiger partial charge is 0.324 e. The molecule has 2 heteroatoms. The van der Waals surface area contributed by atoms with Gasteiger partial charge in [-0.15, -0.1) is 0 Å². The Balaban J connectivity index is 2.14. The third-order valence-electron chi connectivity index (χ3n) is 4.15. The zero-order valence-corrected chi connectivity index (χ0v) is 11.2. The van der Waals surface area contributed by atoms with Gasteiger partial charge in [-0.3, -0.25) is 4.98 Å². The maximum absolute atomic E-state index is 6.47. The Morgan fingerprint density at radius 1 is 1.24 bits per heavy atom. The van der Waals surface area contributed by atoms with E-state index in [-0.39, 0.29) is 6.04 Å². The molecule has 1 saturated carbocycles. The monoisotopic (exact) mass is 232 g/mol. The minimum atomic E-state index is 0.184. The lowest BCUT2D eigenvalue weighted by atomic mass is 9.72. The van der Waals surface area contributed by atoms with Crippen molar-refractivity contribution < 1.29 is 0 Å². The number of hydrogen-bond donors (Lipinski definition) is 1. The summed E-state index contributed by atoms with van der Waals surface area (Å²) in [4.78, 5) is 4.15. The lowest BCUT2D eigenvalue weighted by Crippen LogP contribution is -2.29. The van der Waals surface area contributed by atoms with Gasteiger partial charge in [0.05, 0.1) is 0 Å². The molecule has 1 aliphatic rings. The Kier molecular flexibility index (Phi) is 3.82.